The molecule has 68 heavy (non-hydrogen) atoms. The van der Waals surface area contributed by atoms with E-state index in [9.17, 15) is 28.8 Å². The highest BCUT2D eigenvalue weighted by atomic mass is 16.5. The van der Waals surface area contributed by atoms with Crippen LogP contribution in [0.5, 0.6) is 5.75 Å². The number of hydrogen-bond donors (Lipinski definition) is 6. The molecular weight excluding hydrogens is 867 g/mol. The standard InChI is InChI=1S/C52H67N7O9/c1-52(2,3)58-50(64)44-29-36-16-7-8-17-37(36)31-59(44)32-45(68-47(61)19-11-12-26-67-38-23-20-34(21-24-38)27-39(53)51(65)66)42(28-33-13-5-4-6-14-33)56-49(63)43(30-46(54)60)57-48(62)41-25-22-35-15-9-10-18-40(35)55-41/h4-6,9-10,13-15,18,20-25,36-37,39,42-45H,7-8,11-12,16-17,19,26-32,53H2,1-3H3,(H2,54,60)(H,56,63)(H,57,62)(H,58,64)(H,65,66)/t36-,37+,39-,42-,43-,44-,45+/m0/s1. The maximum atomic E-state index is 14.5. The first-order valence-corrected chi connectivity index (χ1v) is 23.8. The molecule has 0 bridgehead atoms. The molecule has 7 atom stereocenters. The Hall–Kier alpha value is -6.39. The SMILES string of the molecule is CC(C)(C)NC(=O)[C@@H]1C[C@@H]2CCCC[C@@H]2CN1C[C@@H](OC(=O)CCCCOc1ccc(C[C@H](N)C(=O)O)cc1)[C@H](Cc1ccccc1)NC(=O)[C@H](CC(N)=O)NC(=O)c1ccc2ccccc2n1. The molecule has 2 heterocycles. The minimum Gasteiger partial charge on any atom is -0.494 e. The number of carboxylic acid groups (broad SMARTS) is 1. The lowest BCUT2D eigenvalue weighted by molar-refractivity contribution is -0.154. The molecule has 1 aromatic heterocycles. The molecule has 2 fully saturated rings. The number of primary amides is 1. The highest BCUT2D eigenvalue weighted by Crippen LogP contribution is 2.39. The van der Waals surface area contributed by atoms with Gasteiger partial charge in [-0.25, -0.2) is 4.98 Å². The molecule has 0 radical (unpaired) electrons. The van der Waals surface area contributed by atoms with E-state index in [0.717, 1.165) is 42.2 Å². The highest BCUT2D eigenvalue weighted by molar-refractivity contribution is 5.99. The Morgan fingerprint density at radius 1 is 0.838 bits per heavy atom. The van der Waals surface area contributed by atoms with Gasteiger partial charge in [0.25, 0.3) is 5.91 Å². The smallest absolute Gasteiger partial charge is 0.320 e. The number of esters is 1. The Balaban J connectivity index is 1.23. The lowest BCUT2D eigenvalue weighted by Gasteiger charge is -2.47. The van der Waals surface area contributed by atoms with Crippen molar-refractivity contribution >= 4 is 46.5 Å². The second kappa shape index (κ2) is 24.1. The molecular formula is C52H67N7O9. The number of pyridine rings is 1. The molecule has 6 rings (SSSR count). The van der Waals surface area contributed by atoms with Crippen molar-refractivity contribution in [1.29, 1.82) is 0 Å². The first-order chi connectivity index (χ1) is 32.5. The second-order valence-corrected chi connectivity index (χ2v) is 19.3. The van der Waals surface area contributed by atoms with E-state index in [0.29, 0.717) is 55.5 Å². The summed E-state index contributed by atoms with van der Waals surface area (Å²) in [5, 5.41) is 18.9. The number of amides is 4. The summed E-state index contributed by atoms with van der Waals surface area (Å²) in [5.41, 5.74) is 13.1. The van der Waals surface area contributed by atoms with Crippen LogP contribution in [0.25, 0.3) is 10.9 Å². The summed E-state index contributed by atoms with van der Waals surface area (Å²) < 4.78 is 12.3. The second-order valence-electron chi connectivity index (χ2n) is 19.3. The Morgan fingerprint density at radius 3 is 2.24 bits per heavy atom. The van der Waals surface area contributed by atoms with Gasteiger partial charge < -0.3 is 42.0 Å². The summed E-state index contributed by atoms with van der Waals surface area (Å²) in [6.07, 6.45) is 4.80. The van der Waals surface area contributed by atoms with Gasteiger partial charge in [0.1, 0.15) is 29.6 Å². The fraction of sp³-hybridized carbons (Fsp3) is 0.481. The monoisotopic (exact) mass is 934 g/mol. The van der Waals surface area contributed by atoms with Gasteiger partial charge >= 0.3 is 11.9 Å². The Kier molecular flexibility index (Phi) is 18.0. The number of carbonyl (C=O) groups excluding carboxylic acids is 5. The number of likely N-dealkylation sites (tertiary alicyclic amines) is 1. The molecule has 0 spiro atoms. The molecule has 364 valence electrons. The Morgan fingerprint density at radius 2 is 1.53 bits per heavy atom. The number of unbranched alkanes of at least 4 members (excludes halogenated alkanes) is 1. The zero-order chi connectivity index (χ0) is 48.8. The average Bonchev–Trinajstić information content (AvgIpc) is 3.30. The van der Waals surface area contributed by atoms with Crippen LogP contribution in [0.15, 0.2) is 91.0 Å². The number of ether oxygens (including phenoxy) is 2. The lowest BCUT2D eigenvalue weighted by Crippen LogP contribution is -2.61. The maximum absolute atomic E-state index is 14.5. The number of carbonyl (C=O) groups is 6. The van der Waals surface area contributed by atoms with Crippen LogP contribution in [0.2, 0.25) is 0 Å². The topological polar surface area (TPSA) is 245 Å². The number of aromatic nitrogens is 1. The van der Waals surface area contributed by atoms with Crippen LogP contribution in [0, 0.1) is 11.8 Å². The molecule has 16 heteroatoms. The van der Waals surface area contributed by atoms with Gasteiger partial charge in [-0.3, -0.25) is 33.7 Å². The molecule has 4 aromatic rings. The summed E-state index contributed by atoms with van der Waals surface area (Å²) in [6.45, 7) is 6.86. The minimum absolute atomic E-state index is 0.0373. The number of hydrogen-bond acceptors (Lipinski definition) is 11. The van der Waals surface area contributed by atoms with Gasteiger partial charge in [-0.1, -0.05) is 86.0 Å². The quantitative estimate of drug-likeness (QED) is 0.0458. The third-order valence-electron chi connectivity index (χ3n) is 12.7. The van der Waals surface area contributed by atoms with E-state index in [1.807, 2.05) is 63.2 Å². The molecule has 16 nitrogen and oxygen atoms in total. The van der Waals surface area contributed by atoms with Crippen LogP contribution >= 0.6 is 0 Å². The number of aliphatic carboxylic acids is 1. The van der Waals surface area contributed by atoms with E-state index in [4.69, 9.17) is 26.0 Å². The highest BCUT2D eigenvalue weighted by Gasteiger charge is 2.43. The first-order valence-electron chi connectivity index (χ1n) is 23.8. The van der Waals surface area contributed by atoms with Crippen LogP contribution in [0.1, 0.15) is 100 Å². The van der Waals surface area contributed by atoms with E-state index >= 15 is 0 Å². The normalized spacial score (nSPS) is 19.0. The van der Waals surface area contributed by atoms with E-state index in [1.165, 1.54) is 0 Å². The number of para-hydroxylation sites is 1. The summed E-state index contributed by atoms with van der Waals surface area (Å²) in [6, 6.07) is 23.2. The minimum atomic E-state index is -1.40. The van der Waals surface area contributed by atoms with Crippen LogP contribution in [0.3, 0.4) is 0 Å². The number of fused-ring (bicyclic) bond motifs is 2. The molecule has 8 N–H and O–H groups in total. The van der Waals surface area contributed by atoms with Gasteiger partial charge in [-0.05, 0) is 107 Å². The van der Waals surface area contributed by atoms with Gasteiger partial charge in [-0.2, -0.15) is 0 Å². The summed E-state index contributed by atoms with van der Waals surface area (Å²) in [7, 11) is 0. The van der Waals surface area contributed by atoms with Crippen LogP contribution in [0.4, 0.5) is 0 Å². The fourth-order valence-corrected chi connectivity index (χ4v) is 9.22. The number of nitrogens with two attached hydrogens (primary N) is 2. The Bertz CT molecular complexity index is 2360. The van der Waals surface area contributed by atoms with Gasteiger partial charge in [0.2, 0.25) is 17.7 Å². The van der Waals surface area contributed by atoms with Crippen molar-refractivity contribution in [3.05, 3.63) is 108 Å². The summed E-state index contributed by atoms with van der Waals surface area (Å²) in [4.78, 5) is 86.5. The average molecular weight is 934 g/mol. The Labute approximate surface area is 398 Å². The molecule has 1 aliphatic heterocycles. The number of piperidine rings is 1. The molecule has 3 aromatic carbocycles. The van der Waals surface area contributed by atoms with Crippen molar-refractivity contribution in [3.63, 3.8) is 0 Å². The predicted octanol–water partition coefficient (Wildman–Crippen LogP) is 4.85. The number of rotatable bonds is 22. The molecule has 1 saturated heterocycles. The number of nitrogens with one attached hydrogen (secondary N) is 3. The van der Waals surface area contributed by atoms with E-state index < -0.39 is 71.9 Å². The predicted molar refractivity (Wildman–Crippen MR) is 257 cm³/mol. The molecule has 1 saturated carbocycles. The van der Waals surface area contributed by atoms with Crippen molar-refractivity contribution < 1.29 is 43.3 Å². The van der Waals surface area contributed by atoms with E-state index in [1.54, 1.807) is 48.5 Å². The molecule has 0 unspecified atom stereocenters. The van der Waals surface area contributed by atoms with Crippen LogP contribution in [-0.4, -0.2) is 106 Å². The molecule has 4 amide bonds. The zero-order valence-electron chi connectivity index (χ0n) is 39.4. The lowest BCUT2D eigenvalue weighted by atomic mass is 9.72. The summed E-state index contributed by atoms with van der Waals surface area (Å²) >= 11 is 0. The first kappa shape index (κ1) is 51.0. The van der Waals surface area contributed by atoms with Crippen LogP contribution in [-0.2, 0) is 41.6 Å². The molecule has 2 aliphatic rings. The third-order valence-corrected chi connectivity index (χ3v) is 12.7. The van der Waals surface area contributed by atoms with Crippen molar-refractivity contribution in [1.82, 2.24) is 25.8 Å². The van der Waals surface area contributed by atoms with Gasteiger partial charge in [0.05, 0.1) is 30.6 Å². The zero-order valence-corrected chi connectivity index (χ0v) is 39.4. The molecule has 1 aliphatic carbocycles. The van der Waals surface area contributed by atoms with E-state index in [-0.39, 0.29) is 37.4 Å². The van der Waals surface area contributed by atoms with Crippen molar-refractivity contribution in [3.8, 4) is 5.75 Å². The number of nitrogens with zero attached hydrogens (tertiary/aromatic N) is 2. The number of carboxylic acids is 1. The maximum Gasteiger partial charge on any atom is 0.320 e. The van der Waals surface area contributed by atoms with Gasteiger partial charge in [-0.15, -0.1) is 0 Å². The van der Waals surface area contributed by atoms with Crippen molar-refractivity contribution in [2.75, 3.05) is 19.7 Å². The van der Waals surface area contributed by atoms with Gasteiger partial charge in [0, 0.05) is 30.4 Å². The summed E-state index contributed by atoms with van der Waals surface area (Å²) in [5.74, 6) is -2.58. The van der Waals surface area contributed by atoms with Crippen molar-refractivity contribution in [2.24, 2.45) is 23.3 Å². The van der Waals surface area contributed by atoms with E-state index in [2.05, 4.69) is 25.8 Å². The third kappa shape index (κ3) is 15.3. The fourth-order valence-electron chi connectivity index (χ4n) is 9.22. The van der Waals surface area contributed by atoms with Gasteiger partial charge in [0.15, 0.2) is 0 Å². The van der Waals surface area contributed by atoms with Crippen LogP contribution < -0.4 is 32.2 Å². The van der Waals surface area contributed by atoms with Crippen molar-refractivity contribution in [2.45, 2.75) is 127 Å². The largest absolute Gasteiger partial charge is 0.494 e. The number of benzene rings is 3.